The van der Waals surface area contributed by atoms with Crippen molar-refractivity contribution in [1.82, 2.24) is 5.32 Å². The van der Waals surface area contributed by atoms with E-state index in [1.54, 1.807) is 18.2 Å². The van der Waals surface area contributed by atoms with Gasteiger partial charge in [-0.05, 0) is 53.2 Å². The average Bonchev–Trinajstić information content (AvgIpc) is 2.42. The Morgan fingerprint density at radius 1 is 1.42 bits per heavy atom. The predicted molar refractivity (Wildman–Crippen MR) is 86.2 cm³/mol. The molecule has 19 heavy (non-hydrogen) atoms. The first-order chi connectivity index (χ1) is 9.11. The zero-order valence-electron chi connectivity index (χ0n) is 10.8. The van der Waals surface area contributed by atoms with Gasteiger partial charge in [0, 0.05) is 21.3 Å². The Hall–Kier alpha value is -0.190. The molecule has 1 fully saturated rings. The number of hydrogen-bond acceptors (Lipinski definition) is 2. The Kier molecular flexibility index (Phi) is 5.60. The summed E-state index contributed by atoms with van der Waals surface area (Å²) in [6, 6.07) is 5.56. The lowest BCUT2D eigenvalue weighted by molar-refractivity contribution is 0.0929. The van der Waals surface area contributed by atoms with Crippen LogP contribution in [0.1, 0.15) is 36.0 Å². The number of thioether (sulfide) groups is 1. The summed E-state index contributed by atoms with van der Waals surface area (Å²) >= 11 is 11.1. The van der Waals surface area contributed by atoms with Crippen LogP contribution in [0, 0.1) is 0 Å². The molecule has 1 aliphatic rings. The van der Waals surface area contributed by atoms with Crippen LogP contribution in [0.5, 0.6) is 0 Å². The van der Waals surface area contributed by atoms with E-state index in [2.05, 4.69) is 27.5 Å². The van der Waals surface area contributed by atoms with Crippen LogP contribution in [0.3, 0.4) is 0 Å². The molecule has 1 saturated carbocycles. The SMILES string of the molecule is CSC1CCCCC1NC(=O)c1ccc(Cl)c(Br)c1. The van der Waals surface area contributed by atoms with E-state index in [9.17, 15) is 4.79 Å². The van der Waals surface area contributed by atoms with Gasteiger partial charge >= 0.3 is 0 Å². The van der Waals surface area contributed by atoms with E-state index in [1.807, 2.05) is 11.8 Å². The van der Waals surface area contributed by atoms with Gasteiger partial charge in [0.25, 0.3) is 5.91 Å². The molecule has 0 aromatic heterocycles. The third kappa shape index (κ3) is 3.89. The quantitative estimate of drug-likeness (QED) is 0.857. The number of carbonyl (C=O) groups excluding carboxylic acids is 1. The molecule has 0 aliphatic heterocycles. The van der Waals surface area contributed by atoms with Crippen molar-refractivity contribution in [2.24, 2.45) is 0 Å². The molecule has 1 amide bonds. The summed E-state index contributed by atoms with van der Waals surface area (Å²) < 4.78 is 0.756. The van der Waals surface area contributed by atoms with Crippen LogP contribution in [0.2, 0.25) is 5.02 Å². The molecule has 2 atom stereocenters. The van der Waals surface area contributed by atoms with Gasteiger partial charge in [-0.15, -0.1) is 0 Å². The minimum absolute atomic E-state index is 0.0108. The summed E-state index contributed by atoms with van der Waals surface area (Å²) in [5.74, 6) is -0.0108. The smallest absolute Gasteiger partial charge is 0.251 e. The lowest BCUT2D eigenvalue weighted by Gasteiger charge is -2.31. The average molecular weight is 363 g/mol. The number of hydrogen-bond donors (Lipinski definition) is 1. The van der Waals surface area contributed by atoms with Crippen molar-refractivity contribution in [2.75, 3.05) is 6.26 Å². The second kappa shape index (κ2) is 7.00. The van der Waals surface area contributed by atoms with Gasteiger partial charge in [0.05, 0.1) is 5.02 Å². The molecule has 0 bridgehead atoms. The number of rotatable bonds is 3. The molecule has 5 heteroatoms. The van der Waals surface area contributed by atoms with Crippen molar-refractivity contribution < 1.29 is 4.79 Å². The molecule has 1 aromatic carbocycles. The number of carbonyl (C=O) groups is 1. The molecule has 2 nitrogen and oxygen atoms in total. The van der Waals surface area contributed by atoms with E-state index in [-0.39, 0.29) is 11.9 Å². The first-order valence-electron chi connectivity index (χ1n) is 6.40. The molecule has 0 heterocycles. The van der Waals surface area contributed by atoms with Gasteiger partial charge in [-0.25, -0.2) is 0 Å². The number of nitrogens with one attached hydrogen (secondary N) is 1. The van der Waals surface area contributed by atoms with Gasteiger partial charge in [-0.1, -0.05) is 24.4 Å². The third-order valence-corrected chi connectivity index (χ3v) is 5.89. The normalized spacial score (nSPS) is 23.1. The summed E-state index contributed by atoms with van der Waals surface area (Å²) in [6.07, 6.45) is 6.85. The highest BCUT2D eigenvalue weighted by Crippen LogP contribution is 2.28. The van der Waals surface area contributed by atoms with Crippen molar-refractivity contribution in [1.29, 1.82) is 0 Å². The molecule has 0 radical (unpaired) electrons. The summed E-state index contributed by atoms with van der Waals surface area (Å²) in [5.41, 5.74) is 0.654. The third-order valence-electron chi connectivity index (χ3n) is 3.50. The Morgan fingerprint density at radius 2 is 2.16 bits per heavy atom. The zero-order valence-corrected chi connectivity index (χ0v) is 13.9. The summed E-state index contributed by atoms with van der Waals surface area (Å²) in [7, 11) is 0. The summed E-state index contributed by atoms with van der Waals surface area (Å²) in [4.78, 5) is 12.3. The van der Waals surface area contributed by atoms with Gasteiger partial charge in [-0.2, -0.15) is 11.8 Å². The van der Waals surface area contributed by atoms with Gasteiger partial charge in [0.2, 0.25) is 0 Å². The van der Waals surface area contributed by atoms with Crippen molar-refractivity contribution >= 4 is 45.2 Å². The van der Waals surface area contributed by atoms with Crippen LogP contribution in [-0.4, -0.2) is 23.5 Å². The molecule has 0 spiro atoms. The highest BCUT2D eigenvalue weighted by molar-refractivity contribution is 9.10. The minimum Gasteiger partial charge on any atom is -0.348 e. The maximum atomic E-state index is 12.3. The number of amides is 1. The summed E-state index contributed by atoms with van der Waals surface area (Å²) in [5, 5.41) is 4.32. The first kappa shape index (κ1) is 15.2. The highest BCUT2D eigenvalue weighted by Gasteiger charge is 2.26. The lowest BCUT2D eigenvalue weighted by Crippen LogP contribution is -2.43. The lowest BCUT2D eigenvalue weighted by atomic mass is 9.94. The first-order valence-corrected chi connectivity index (χ1v) is 8.86. The number of halogens is 2. The van der Waals surface area contributed by atoms with Gasteiger partial charge in [0.15, 0.2) is 0 Å². The molecular formula is C14H17BrClNOS. The van der Waals surface area contributed by atoms with Crippen molar-refractivity contribution in [2.45, 2.75) is 37.0 Å². The second-order valence-electron chi connectivity index (χ2n) is 4.77. The number of benzene rings is 1. The fourth-order valence-corrected chi connectivity index (χ4v) is 3.86. The molecule has 1 N–H and O–H groups in total. The van der Waals surface area contributed by atoms with E-state index in [4.69, 9.17) is 11.6 Å². The van der Waals surface area contributed by atoms with Crippen LogP contribution in [0.15, 0.2) is 22.7 Å². The van der Waals surface area contributed by atoms with E-state index >= 15 is 0 Å². The molecule has 2 unspecified atom stereocenters. The van der Waals surface area contributed by atoms with Gasteiger partial charge in [0.1, 0.15) is 0 Å². The van der Waals surface area contributed by atoms with Crippen LogP contribution >= 0.6 is 39.3 Å². The fraction of sp³-hybridized carbons (Fsp3) is 0.500. The van der Waals surface area contributed by atoms with Crippen LogP contribution in [0.25, 0.3) is 0 Å². The Bertz CT molecular complexity index is 469. The van der Waals surface area contributed by atoms with Crippen molar-refractivity contribution in [3.8, 4) is 0 Å². The van der Waals surface area contributed by atoms with E-state index in [1.165, 1.54) is 19.3 Å². The molecular weight excluding hydrogens is 346 g/mol. The largest absolute Gasteiger partial charge is 0.348 e. The standard InChI is InChI=1S/C14H17BrClNOS/c1-19-13-5-3-2-4-12(13)17-14(18)9-6-7-11(16)10(15)8-9/h6-8,12-13H,2-5H2,1H3,(H,17,18). The van der Waals surface area contributed by atoms with Crippen molar-refractivity contribution in [3.05, 3.63) is 33.3 Å². The van der Waals surface area contributed by atoms with Crippen LogP contribution < -0.4 is 5.32 Å². The monoisotopic (exact) mass is 361 g/mol. The molecule has 104 valence electrons. The maximum Gasteiger partial charge on any atom is 0.251 e. The fourth-order valence-electron chi connectivity index (χ4n) is 2.43. The Labute approximate surface area is 131 Å². The Balaban J connectivity index is 2.05. The molecule has 0 saturated heterocycles. The second-order valence-corrected chi connectivity index (χ2v) is 7.11. The minimum atomic E-state index is -0.0108. The zero-order chi connectivity index (χ0) is 13.8. The van der Waals surface area contributed by atoms with Crippen LogP contribution in [-0.2, 0) is 0 Å². The van der Waals surface area contributed by atoms with Crippen molar-refractivity contribution in [3.63, 3.8) is 0 Å². The predicted octanol–water partition coefficient (Wildman–Crippen LogP) is 4.51. The Morgan fingerprint density at radius 3 is 2.84 bits per heavy atom. The van der Waals surface area contributed by atoms with Gasteiger partial charge in [-0.3, -0.25) is 4.79 Å². The molecule has 2 rings (SSSR count). The maximum absolute atomic E-state index is 12.3. The van der Waals surface area contributed by atoms with E-state index in [0.717, 1.165) is 10.9 Å². The van der Waals surface area contributed by atoms with Crippen LogP contribution in [0.4, 0.5) is 0 Å². The summed E-state index contributed by atoms with van der Waals surface area (Å²) in [6.45, 7) is 0. The van der Waals surface area contributed by atoms with E-state index in [0.29, 0.717) is 15.8 Å². The molecule has 1 aromatic rings. The highest BCUT2D eigenvalue weighted by atomic mass is 79.9. The van der Waals surface area contributed by atoms with E-state index < -0.39 is 0 Å². The topological polar surface area (TPSA) is 29.1 Å². The van der Waals surface area contributed by atoms with Gasteiger partial charge < -0.3 is 5.32 Å². The molecule has 1 aliphatic carbocycles.